The maximum atomic E-state index is 12.8. The van der Waals surface area contributed by atoms with Gasteiger partial charge in [-0.15, -0.1) is 0 Å². The van der Waals surface area contributed by atoms with Crippen LogP contribution in [0.2, 0.25) is 5.02 Å². The minimum Gasteiger partial charge on any atom is -0.495 e. The Labute approximate surface area is 152 Å². The number of hydrogen-bond acceptors (Lipinski definition) is 3. The first-order valence-corrected chi connectivity index (χ1v) is 8.37. The highest BCUT2D eigenvalue weighted by Crippen LogP contribution is 2.31. The van der Waals surface area contributed by atoms with Crippen molar-refractivity contribution in [2.75, 3.05) is 12.4 Å². The van der Waals surface area contributed by atoms with Crippen molar-refractivity contribution >= 4 is 44.8 Å². The fourth-order valence-electron chi connectivity index (χ4n) is 2.52. The lowest BCUT2D eigenvalue weighted by Crippen LogP contribution is -2.16. The summed E-state index contributed by atoms with van der Waals surface area (Å²) < 4.78 is 7.92. The molecule has 0 unspecified atom stereocenters. The van der Waals surface area contributed by atoms with Crippen molar-refractivity contribution in [3.63, 3.8) is 0 Å². The van der Waals surface area contributed by atoms with E-state index in [1.54, 1.807) is 23.5 Å². The van der Waals surface area contributed by atoms with Gasteiger partial charge in [0, 0.05) is 21.8 Å². The number of amides is 1. The van der Waals surface area contributed by atoms with Crippen LogP contribution in [0.3, 0.4) is 0 Å². The molecule has 24 heavy (non-hydrogen) atoms. The van der Waals surface area contributed by atoms with Crippen molar-refractivity contribution in [2.24, 2.45) is 0 Å². The SMILES string of the molecule is COc1cc(Cl)c(C)cc1NC(=O)c1c(C)nc2ccc(Br)cn12. The highest BCUT2D eigenvalue weighted by molar-refractivity contribution is 9.10. The Balaban J connectivity index is 2.04. The van der Waals surface area contributed by atoms with Crippen LogP contribution in [-0.4, -0.2) is 22.4 Å². The van der Waals surface area contributed by atoms with Gasteiger partial charge in [-0.3, -0.25) is 9.20 Å². The molecule has 3 rings (SSSR count). The van der Waals surface area contributed by atoms with Gasteiger partial charge in [0.15, 0.2) is 0 Å². The second-order valence-corrected chi connectivity index (χ2v) is 6.70. The van der Waals surface area contributed by atoms with E-state index in [-0.39, 0.29) is 5.91 Å². The summed E-state index contributed by atoms with van der Waals surface area (Å²) in [5.41, 5.74) is 3.25. The van der Waals surface area contributed by atoms with Crippen LogP contribution in [0.4, 0.5) is 5.69 Å². The molecule has 0 aliphatic heterocycles. The summed E-state index contributed by atoms with van der Waals surface area (Å²) in [6.07, 6.45) is 1.81. The molecule has 0 bridgehead atoms. The zero-order valence-electron chi connectivity index (χ0n) is 13.4. The summed E-state index contributed by atoms with van der Waals surface area (Å²) in [5, 5.41) is 3.47. The zero-order valence-corrected chi connectivity index (χ0v) is 15.7. The molecule has 0 saturated carbocycles. The molecule has 5 nitrogen and oxygen atoms in total. The molecule has 2 heterocycles. The topological polar surface area (TPSA) is 55.6 Å². The third-order valence-corrected chi connectivity index (χ3v) is 4.58. The van der Waals surface area contributed by atoms with E-state index in [0.717, 1.165) is 10.0 Å². The number of halogens is 2. The average molecular weight is 409 g/mol. The van der Waals surface area contributed by atoms with Crippen LogP contribution < -0.4 is 10.1 Å². The van der Waals surface area contributed by atoms with Crippen molar-refractivity contribution in [1.29, 1.82) is 0 Å². The summed E-state index contributed by atoms with van der Waals surface area (Å²) in [6, 6.07) is 7.20. The zero-order chi connectivity index (χ0) is 17.4. The predicted molar refractivity (Wildman–Crippen MR) is 98.3 cm³/mol. The molecule has 2 aromatic heterocycles. The van der Waals surface area contributed by atoms with Gasteiger partial charge in [-0.2, -0.15) is 0 Å². The summed E-state index contributed by atoms with van der Waals surface area (Å²) in [4.78, 5) is 17.2. The number of benzene rings is 1. The number of nitrogens with one attached hydrogen (secondary N) is 1. The molecule has 3 aromatic rings. The van der Waals surface area contributed by atoms with E-state index in [0.29, 0.717) is 33.5 Å². The first kappa shape index (κ1) is 16.8. The number of aromatic nitrogens is 2. The van der Waals surface area contributed by atoms with Crippen LogP contribution in [0, 0.1) is 13.8 Å². The second-order valence-electron chi connectivity index (χ2n) is 5.38. The Morgan fingerprint density at radius 2 is 2.08 bits per heavy atom. The van der Waals surface area contributed by atoms with Gasteiger partial charge in [-0.25, -0.2) is 4.98 Å². The van der Waals surface area contributed by atoms with Crippen molar-refractivity contribution < 1.29 is 9.53 Å². The molecular weight excluding hydrogens is 394 g/mol. The van der Waals surface area contributed by atoms with Gasteiger partial charge in [0.1, 0.15) is 17.1 Å². The number of nitrogens with zero attached hydrogens (tertiary/aromatic N) is 2. The molecule has 1 amide bonds. The third-order valence-electron chi connectivity index (χ3n) is 3.70. The maximum absolute atomic E-state index is 12.8. The Morgan fingerprint density at radius 1 is 1.33 bits per heavy atom. The first-order valence-electron chi connectivity index (χ1n) is 7.20. The Morgan fingerprint density at radius 3 is 2.79 bits per heavy atom. The van der Waals surface area contributed by atoms with Crippen LogP contribution in [-0.2, 0) is 0 Å². The van der Waals surface area contributed by atoms with Crippen LogP contribution in [0.15, 0.2) is 34.9 Å². The highest BCUT2D eigenvalue weighted by atomic mass is 79.9. The van der Waals surface area contributed by atoms with Crippen molar-refractivity contribution in [2.45, 2.75) is 13.8 Å². The number of carbonyl (C=O) groups is 1. The van der Waals surface area contributed by atoms with Gasteiger partial charge in [0.25, 0.3) is 5.91 Å². The predicted octanol–water partition coefficient (Wildman–Crippen LogP) is 4.63. The highest BCUT2D eigenvalue weighted by Gasteiger charge is 2.19. The van der Waals surface area contributed by atoms with Crippen molar-refractivity contribution in [3.8, 4) is 5.75 Å². The molecule has 0 aliphatic carbocycles. The molecule has 7 heteroatoms. The molecule has 1 N–H and O–H groups in total. The average Bonchev–Trinajstić information content (AvgIpc) is 2.85. The van der Waals surface area contributed by atoms with E-state index in [4.69, 9.17) is 16.3 Å². The second kappa shape index (κ2) is 6.45. The van der Waals surface area contributed by atoms with Crippen molar-refractivity contribution in [3.05, 3.63) is 56.9 Å². The van der Waals surface area contributed by atoms with Gasteiger partial charge in [-0.05, 0) is 53.5 Å². The van der Waals surface area contributed by atoms with Crippen LogP contribution in [0.1, 0.15) is 21.7 Å². The molecule has 0 saturated heterocycles. The largest absolute Gasteiger partial charge is 0.495 e. The number of carbonyl (C=O) groups excluding carboxylic acids is 1. The monoisotopic (exact) mass is 407 g/mol. The lowest BCUT2D eigenvalue weighted by molar-refractivity contribution is 0.102. The van der Waals surface area contributed by atoms with Gasteiger partial charge >= 0.3 is 0 Å². The number of ether oxygens (including phenoxy) is 1. The summed E-state index contributed by atoms with van der Waals surface area (Å²) in [7, 11) is 1.53. The van der Waals surface area contributed by atoms with E-state index >= 15 is 0 Å². The number of fused-ring (bicyclic) bond motifs is 1. The van der Waals surface area contributed by atoms with Gasteiger partial charge in [-0.1, -0.05) is 11.6 Å². The fourth-order valence-corrected chi connectivity index (χ4v) is 3.01. The quantitative estimate of drug-likeness (QED) is 0.687. The Hall–Kier alpha value is -2.05. The van der Waals surface area contributed by atoms with E-state index in [1.807, 2.05) is 25.3 Å². The normalized spacial score (nSPS) is 10.9. The smallest absolute Gasteiger partial charge is 0.274 e. The molecule has 0 radical (unpaired) electrons. The molecule has 0 atom stereocenters. The van der Waals surface area contributed by atoms with E-state index in [2.05, 4.69) is 26.2 Å². The summed E-state index contributed by atoms with van der Waals surface area (Å²) in [5.74, 6) is 0.240. The molecular formula is C17H15BrClN3O2. The molecule has 0 spiro atoms. The minimum atomic E-state index is -0.266. The summed E-state index contributed by atoms with van der Waals surface area (Å²) >= 11 is 9.53. The summed E-state index contributed by atoms with van der Waals surface area (Å²) in [6.45, 7) is 3.67. The van der Waals surface area contributed by atoms with Gasteiger partial charge in [0.2, 0.25) is 0 Å². The van der Waals surface area contributed by atoms with Gasteiger partial charge < -0.3 is 10.1 Å². The van der Waals surface area contributed by atoms with E-state index in [9.17, 15) is 4.79 Å². The van der Waals surface area contributed by atoms with Crippen molar-refractivity contribution in [1.82, 2.24) is 9.38 Å². The molecule has 0 aliphatic rings. The lowest BCUT2D eigenvalue weighted by Gasteiger charge is -2.12. The lowest BCUT2D eigenvalue weighted by atomic mass is 10.2. The Bertz CT molecular complexity index is 953. The molecule has 124 valence electrons. The number of imidazole rings is 1. The third kappa shape index (κ3) is 2.99. The standard InChI is InChI=1S/C17H15BrClN3O2/c1-9-6-13(14(24-3)7-12(9)19)21-17(23)16-10(2)20-15-5-4-11(18)8-22(15)16/h4-8H,1-3H3,(H,21,23). The van der Waals surface area contributed by atoms with Crippen LogP contribution in [0.25, 0.3) is 5.65 Å². The van der Waals surface area contributed by atoms with Gasteiger partial charge in [0.05, 0.1) is 18.5 Å². The Kier molecular flexibility index (Phi) is 4.51. The fraction of sp³-hybridized carbons (Fsp3) is 0.176. The maximum Gasteiger partial charge on any atom is 0.274 e. The molecule has 1 aromatic carbocycles. The number of pyridine rings is 1. The first-order chi connectivity index (χ1) is 11.4. The number of anilines is 1. The minimum absolute atomic E-state index is 0.266. The number of aryl methyl sites for hydroxylation is 2. The number of hydrogen-bond donors (Lipinski definition) is 1. The van der Waals surface area contributed by atoms with Crippen LogP contribution >= 0.6 is 27.5 Å². The number of rotatable bonds is 3. The van der Waals surface area contributed by atoms with Crippen LogP contribution in [0.5, 0.6) is 5.75 Å². The number of methoxy groups -OCH3 is 1. The molecule has 0 fully saturated rings. The van der Waals surface area contributed by atoms with E-state index in [1.165, 1.54) is 7.11 Å². The van der Waals surface area contributed by atoms with E-state index < -0.39 is 0 Å².